The number of rotatable bonds is 5. The lowest BCUT2D eigenvalue weighted by molar-refractivity contribution is 0.0581. The second-order valence-corrected chi connectivity index (χ2v) is 5.79. The van der Waals surface area contributed by atoms with Gasteiger partial charge in [0.05, 0.1) is 0 Å². The zero-order chi connectivity index (χ0) is 13.0. The van der Waals surface area contributed by atoms with Crippen molar-refractivity contribution in [3.05, 3.63) is 35.4 Å². The molecule has 1 fully saturated rings. The smallest absolute Gasteiger partial charge is 0.254 e. The Morgan fingerprint density at radius 3 is 2.78 bits per heavy atom. The molecule has 0 aliphatic heterocycles. The van der Waals surface area contributed by atoms with Crippen molar-refractivity contribution in [2.75, 3.05) is 11.9 Å². The molecule has 0 heterocycles. The van der Waals surface area contributed by atoms with E-state index in [-0.39, 0.29) is 5.91 Å². The van der Waals surface area contributed by atoms with E-state index in [2.05, 4.69) is 20.8 Å². The van der Waals surface area contributed by atoms with Crippen LogP contribution in [0, 0.1) is 6.92 Å². The highest BCUT2D eigenvalue weighted by Gasteiger charge is 2.28. The quantitative estimate of drug-likeness (QED) is 0.758. The summed E-state index contributed by atoms with van der Waals surface area (Å²) in [7, 11) is 0. The Morgan fingerprint density at radius 1 is 1.44 bits per heavy atom. The summed E-state index contributed by atoms with van der Waals surface area (Å²) < 4.78 is 0. The SMILES string of the molecule is Cc1cccc(C(=O)N(CCCBr)C2CCC2)c1. The number of carbonyl (C=O) groups excluding carboxylic acids is 1. The van der Waals surface area contributed by atoms with Gasteiger partial charge in [0.2, 0.25) is 0 Å². The normalized spacial score (nSPS) is 15.2. The summed E-state index contributed by atoms with van der Waals surface area (Å²) in [5, 5.41) is 0.956. The minimum absolute atomic E-state index is 0.198. The Kier molecular flexibility index (Phi) is 4.81. The highest BCUT2D eigenvalue weighted by atomic mass is 79.9. The number of halogens is 1. The number of nitrogens with zero attached hydrogens (tertiary/aromatic N) is 1. The molecule has 1 amide bonds. The Bertz CT molecular complexity index is 415. The van der Waals surface area contributed by atoms with Crippen molar-refractivity contribution in [3.8, 4) is 0 Å². The van der Waals surface area contributed by atoms with Gasteiger partial charge in [0.1, 0.15) is 0 Å². The number of aryl methyl sites for hydroxylation is 1. The standard InChI is InChI=1S/C15H20BrNO/c1-12-5-2-6-13(11-12)15(18)17(10-4-9-16)14-7-3-8-14/h2,5-6,11,14H,3-4,7-10H2,1H3. The minimum Gasteiger partial charge on any atom is -0.336 e. The number of hydrogen-bond acceptors (Lipinski definition) is 1. The lowest BCUT2D eigenvalue weighted by Gasteiger charge is -2.37. The summed E-state index contributed by atoms with van der Waals surface area (Å²) in [6.07, 6.45) is 4.62. The average Bonchev–Trinajstić information content (AvgIpc) is 2.31. The van der Waals surface area contributed by atoms with E-state index in [1.54, 1.807) is 0 Å². The summed E-state index contributed by atoms with van der Waals surface area (Å²) in [4.78, 5) is 14.6. The molecule has 1 aromatic carbocycles. The first-order chi connectivity index (χ1) is 8.72. The molecule has 2 rings (SSSR count). The molecule has 0 saturated heterocycles. The fourth-order valence-corrected chi connectivity index (χ4v) is 2.57. The molecule has 3 heteroatoms. The largest absolute Gasteiger partial charge is 0.336 e. The van der Waals surface area contributed by atoms with Crippen LogP contribution in [0.25, 0.3) is 0 Å². The fourth-order valence-electron chi connectivity index (χ4n) is 2.32. The van der Waals surface area contributed by atoms with Crippen LogP contribution >= 0.6 is 15.9 Å². The summed E-state index contributed by atoms with van der Waals surface area (Å²) in [5.41, 5.74) is 1.98. The predicted molar refractivity (Wildman–Crippen MR) is 78.3 cm³/mol. The summed E-state index contributed by atoms with van der Waals surface area (Å²) in [6.45, 7) is 2.89. The van der Waals surface area contributed by atoms with Crippen LogP contribution in [0.5, 0.6) is 0 Å². The molecule has 98 valence electrons. The number of amides is 1. The molecular formula is C15H20BrNO. The van der Waals surface area contributed by atoms with E-state index in [1.807, 2.05) is 31.2 Å². The zero-order valence-electron chi connectivity index (χ0n) is 10.9. The molecule has 0 spiro atoms. The van der Waals surface area contributed by atoms with Crippen molar-refractivity contribution in [2.24, 2.45) is 0 Å². The number of hydrogen-bond donors (Lipinski definition) is 0. The van der Waals surface area contributed by atoms with Gasteiger partial charge in [-0.2, -0.15) is 0 Å². The van der Waals surface area contributed by atoms with Crippen LogP contribution in [0.3, 0.4) is 0 Å². The topological polar surface area (TPSA) is 20.3 Å². The Balaban J connectivity index is 2.11. The zero-order valence-corrected chi connectivity index (χ0v) is 12.4. The molecule has 1 saturated carbocycles. The van der Waals surface area contributed by atoms with Gasteiger partial charge in [0.25, 0.3) is 5.91 Å². The maximum Gasteiger partial charge on any atom is 0.254 e. The summed E-state index contributed by atoms with van der Waals surface area (Å²) >= 11 is 3.45. The summed E-state index contributed by atoms with van der Waals surface area (Å²) in [6, 6.07) is 8.38. The monoisotopic (exact) mass is 309 g/mol. The van der Waals surface area contributed by atoms with Crippen molar-refractivity contribution in [1.29, 1.82) is 0 Å². The van der Waals surface area contributed by atoms with E-state index < -0.39 is 0 Å². The molecule has 0 aromatic heterocycles. The molecule has 1 aromatic rings. The molecular weight excluding hydrogens is 290 g/mol. The Morgan fingerprint density at radius 2 is 2.22 bits per heavy atom. The van der Waals surface area contributed by atoms with E-state index in [4.69, 9.17) is 0 Å². The molecule has 0 unspecified atom stereocenters. The van der Waals surface area contributed by atoms with Gasteiger partial charge in [-0.3, -0.25) is 4.79 Å². The van der Waals surface area contributed by atoms with Gasteiger partial charge < -0.3 is 4.90 Å². The molecule has 0 atom stereocenters. The lowest BCUT2D eigenvalue weighted by atomic mass is 9.90. The van der Waals surface area contributed by atoms with Crippen molar-refractivity contribution < 1.29 is 4.79 Å². The highest BCUT2D eigenvalue weighted by molar-refractivity contribution is 9.09. The second kappa shape index (κ2) is 6.37. The van der Waals surface area contributed by atoms with Crippen molar-refractivity contribution >= 4 is 21.8 Å². The third kappa shape index (κ3) is 3.14. The van der Waals surface area contributed by atoms with Gasteiger partial charge in [-0.15, -0.1) is 0 Å². The van der Waals surface area contributed by atoms with Crippen LogP contribution in [0.1, 0.15) is 41.6 Å². The van der Waals surface area contributed by atoms with Gasteiger partial charge in [0, 0.05) is 23.5 Å². The molecule has 1 aliphatic rings. The van der Waals surface area contributed by atoms with Gasteiger partial charge >= 0.3 is 0 Å². The number of benzene rings is 1. The molecule has 18 heavy (non-hydrogen) atoms. The van der Waals surface area contributed by atoms with Crippen molar-refractivity contribution in [2.45, 2.75) is 38.6 Å². The van der Waals surface area contributed by atoms with Gasteiger partial charge in [-0.25, -0.2) is 0 Å². The van der Waals surface area contributed by atoms with Crippen LogP contribution in [0.15, 0.2) is 24.3 Å². The molecule has 1 aliphatic carbocycles. The predicted octanol–water partition coefficient (Wildman–Crippen LogP) is 3.77. The van der Waals surface area contributed by atoms with Crippen LogP contribution in [0.4, 0.5) is 0 Å². The maximum absolute atomic E-state index is 12.5. The minimum atomic E-state index is 0.198. The van der Waals surface area contributed by atoms with E-state index >= 15 is 0 Å². The van der Waals surface area contributed by atoms with E-state index in [9.17, 15) is 4.79 Å². The summed E-state index contributed by atoms with van der Waals surface area (Å²) in [5.74, 6) is 0.198. The van der Waals surface area contributed by atoms with Crippen molar-refractivity contribution in [1.82, 2.24) is 4.90 Å². The van der Waals surface area contributed by atoms with Crippen molar-refractivity contribution in [3.63, 3.8) is 0 Å². The van der Waals surface area contributed by atoms with E-state index in [1.165, 1.54) is 19.3 Å². The first kappa shape index (κ1) is 13.6. The van der Waals surface area contributed by atoms with Crippen LogP contribution in [-0.4, -0.2) is 28.7 Å². The van der Waals surface area contributed by atoms with Gasteiger partial charge in [-0.05, 0) is 44.7 Å². The molecule has 0 N–H and O–H groups in total. The molecule has 2 nitrogen and oxygen atoms in total. The van der Waals surface area contributed by atoms with Crippen LogP contribution in [0.2, 0.25) is 0 Å². The van der Waals surface area contributed by atoms with E-state index in [0.717, 1.165) is 29.4 Å². The maximum atomic E-state index is 12.5. The molecule has 0 bridgehead atoms. The molecule has 0 radical (unpaired) electrons. The van der Waals surface area contributed by atoms with E-state index in [0.29, 0.717) is 6.04 Å². The van der Waals surface area contributed by atoms with Crippen LogP contribution < -0.4 is 0 Å². The highest BCUT2D eigenvalue weighted by Crippen LogP contribution is 2.26. The second-order valence-electron chi connectivity index (χ2n) is 5.00. The Hall–Kier alpha value is -0.830. The number of alkyl halides is 1. The third-order valence-corrected chi connectivity index (χ3v) is 4.13. The first-order valence-corrected chi connectivity index (χ1v) is 7.78. The lowest BCUT2D eigenvalue weighted by Crippen LogP contribution is -2.44. The Labute approximate surface area is 117 Å². The third-order valence-electron chi connectivity index (χ3n) is 3.57. The average molecular weight is 310 g/mol. The van der Waals surface area contributed by atoms with Gasteiger partial charge in [-0.1, -0.05) is 33.6 Å². The van der Waals surface area contributed by atoms with Gasteiger partial charge in [0.15, 0.2) is 0 Å². The fraction of sp³-hybridized carbons (Fsp3) is 0.533. The number of carbonyl (C=O) groups is 1. The first-order valence-electron chi connectivity index (χ1n) is 6.66. The van der Waals surface area contributed by atoms with Crippen LogP contribution in [-0.2, 0) is 0 Å².